The Morgan fingerprint density at radius 1 is 1.30 bits per heavy atom. The maximum atomic E-state index is 12.9. The molecule has 2 fully saturated rings. The molecule has 1 aromatic carbocycles. The molecule has 0 aromatic heterocycles. The molecule has 1 amide bonds. The third-order valence-electron chi connectivity index (χ3n) is 4.80. The van der Waals surface area contributed by atoms with Crippen LogP contribution in [0.1, 0.15) is 49.8 Å². The van der Waals surface area contributed by atoms with Crippen molar-refractivity contribution in [2.24, 2.45) is 5.92 Å². The number of halogens is 3. The highest BCUT2D eigenvalue weighted by Crippen LogP contribution is 2.43. The Kier molecular flexibility index (Phi) is 4.36. The zero-order chi connectivity index (χ0) is 16.6. The van der Waals surface area contributed by atoms with E-state index in [1.807, 2.05) is 0 Å². The number of carbonyl (C=O) groups excluding carboxylic acids is 1. The van der Waals surface area contributed by atoms with E-state index < -0.39 is 17.8 Å². The normalized spacial score (nSPS) is 30.8. The van der Waals surface area contributed by atoms with Crippen LogP contribution in [0.25, 0.3) is 0 Å². The van der Waals surface area contributed by atoms with Gasteiger partial charge in [-0.25, -0.2) is 0 Å². The van der Waals surface area contributed by atoms with Gasteiger partial charge in [-0.05, 0) is 37.0 Å². The first-order chi connectivity index (χ1) is 10.8. The highest BCUT2D eigenvalue weighted by molar-refractivity contribution is 5.73. The zero-order valence-electron chi connectivity index (χ0n) is 12.9. The van der Waals surface area contributed by atoms with E-state index in [0.717, 1.165) is 31.4 Å². The Labute approximate surface area is 133 Å². The molecule has 1 heterocycles. The van der Waals surface area contributed by atoms with Crippen LogP contribution in [0.15, 0.2) is 24.3 Å². The van der Waals surface area contributed by atoms with Crippen molar-refractivity contribution in [2.45, 2.75) is 57.0 Å². The smallest absolute Gasteiger partial charge is 0.370 e. The summed E-state index contributed by atoms with van der Waals surface area (Å²) in [5.74, 6) is 0.159. The van der Waals surface area contributed by atoms with Gasteiger partial charge in [0.15, 0.2) is 0 Å². The van der Waals surface area contributed by atoms with E-state index in [1.54, 1.807) is 6.07 Å². The fraction of sp³-hybridized carbons (Fsp3) is 0.588. The number of rotatable bonds is 2. The summed E-state index contributed by atoms with van der Waals surface area (Å²) in [6, 6.07) is 5.27. The lowest BCUT2D eigenvalue weighted by molar-refractivity contribution is -0.137. The van der Waals surface area contributed by atoms with Gasteiger partial charge < -0.3 is 10.1 Å². The number of carbonyl (C=O) groups is 1. The zero-order valence-corrected chi connectivity index (χ0v) is 12.9. The van der Waals surface area contributed by atoms with Crippen LogP contribution in [0.3, 0.4) is 0 Å². The minimum Gasteiger partial charge on any atom is -0.370 e. The highest BCUT2D eigenvalue weighted by Gasteiger charge is 2.42. The molecule has 0 unspecified atom stereocenters. The van der Waals surface area contributed by atoms with Gasteiger partial charge in [-0.15, -0.1) is 0 Å². The second kappa shape index (κ2) is 6.15. The molecule has 1 saturated carbocycles. The minimum absolute atomic E-state index is 0.0140. The van der Waals surface area contributed by atoms with Crippen LogP contribution in [0, 0.1) is 5.92 Å². The molecule has 1 aromatic rings. The van der Waals surface area contributed by atoms with Gasteiger partial charge in [0, 0.05) is 18.9 Å². The molecular weight excluding hydrogens is 307 g/mol. The molecule has 1 N–H and O–H groups in total. The molecule has 3 rings (SSSR count). The van der Waals surface area contributed by atoms with E-state index >= 15 is 0 Å². The standard InChI is InChI=1S/C17H20F3NO2/c1-10(22)21-14-9-16(23-15-7-3-6-13(14)15)11-4-2-5-12(8-11)17(18,19)20/h2,4-5,8,13-16H,3,6-7,9H2,1H3,(H,21,22)/t13-,14+,15+,16+/m0/s1. The van der Waals surface area contributed by atoms with Crippen molar-refractivity contribution in [3.05, 3.63) is 35.4 Å². The SMILES string of the molecule is CC(=O)N[C@@H]1C[C@H](c2cccc(C(F)(F)F)c2)O[C@@H]2CCC[C@@H]12. The van der Waals surface area contributed by atoms with Crippen molar-refractivity contribution in [3.8, 4) is 0 Å². The lowest BCUT2D eigenvalue weighted by Gasteiger charge is -2.39. The monoisotopic (exact) mass is 327 g/mol. The molecule has 0 spiro atoms. The van der Waals surface area contributed by atoms with Crippen LogP contribution in [0.4, 0.5) is 13.2 Å². The van der Waals surface area contributed by atoms with Gasteiger partial charge in [0.05, 0.1) is 17.8 Å². The van der Waals surface area contributed by atoms with Gasteiger partial charge >= 0.3 is 6.18 Å². The summed E-state index contributed by atoms with van der Waals surface area (Å²) >= 11 is 0. The van der Waals surface area contributed by atoms with Crippen LogP contribution < -0.4 is 5.32 Å². The molecule has 2 aliphatic rings. The topological polar surface area (TPSA) is 38.3 Å². The van der Waals surface area contributed by atoms with Gasteiger partial charge in [0.1, 0.15) is 0 Å². The molecule has 4 atom stereocenters. The van der Waals surface area contributed by atoms with Gasteiger partial charge in [-0.2, -0.15) is 13.2 Å². The van der Waals surface area contributed by atoms with E-state index in [-0.39, 0.29) is 24.0 Å². The molecule has 23 heavy (non-hydrogen) atoms. The second-order valence-electron chi connectivity index (χ2n) is 6.42. The first kappa shape index (κ1) is 16.3. The third kappa shape index (κ3) is 3.52. The van der Waals surface area contributed by atoms with Crippen LogP contribution >= 0.6 is 0 Å². The van der Waals surface area contributed by atoms with E-state index in [1.165, 1.54) is 13.0 Å². The van der Waals surface area contributed by atoms with Gasteiger partial charge in [0.25, 0.3) is 0 Å². The van der Waals surface area contributed by atoms with Crippen LogP contribution in [-0.4, -0.2) is 18.1 Å². The summed E-state index contributed by atoms with van der Waals surface area (Å²) in [6.07, 6.45) is -1.32. The summed E-state index contributed by atoms with van der Waals surface area (Å²) in [5, 5.41) is 2.96. The molecule has 0 bridgehead atoms. The average Bonchev–Trinajstić information content (AvgIpc) is 2.94. The van der Waals surface area contributed by atoms with E-state index in [0.29, 0.717) is 12.0 Å². The molecule has 1 aliphatic heterocycles. The molecule has 1 aliphatic carbocycles. The van der Waals surface area contributed by atoms with Crippen molar-refractivity contribution < 1.29 is 22.7 Å². The predicted molar refractivity (Wildman–Crippen MR) is 78.6 cm³/mol. The lowest BCUT2D eigenvalue weighted by Crippen LogP contribution is -2.47. The predicted octanol–water partition coefficient (Wildman–Crippen LogP) is 3.84. The van der Waals surface area contributed by atoms with Crippen LogP contribution in [0.2, 0.25) is 0 Å². The van der Waals surface area contributed by atoms with Gasteiger partial charge in [-0.1, -0.05) is 18.6 Å². The van der Waals surface area contributed by atoms with Crippen molar-refractivity contribution in [2.75, 3.05) is 0 Å². The van der Waals surface area contributed by atoms with Gasteiger partial charge in [-0.3, -0.25) is 4.79 Å². The fourth-order valence-electron chi connectivity index (χ4n) is 3.81. The summed E-state index contributed by atoms with van der Waals surface area (Å²) < 4.78 is 44.8. The molecule has 1 saturated heterocycles. The first-order valence-electron chi connectivity index (χ1n) is 7.94. The van der Waals surface area contributed by atoms with E-state index in [4.69, 9.17) is 4.74 Å². The van der Waals surface area contributed by atoms with E-state index in [9.17, 15) is 18.0 Å². The number of fused-ring (bicyclic) bond motifs is 1. The van der Waals surface area contributed by atoms with Crippen molar-refractivity contribution in [1.29, 1.82) is 0 Å². The van der Waals surface area contributed by atoms with Crippen LogP contribution in [-0.2, 0) is 15.7 Å². The minimum atomic E-state index is -4.36. The maximum Gasteiger partial charge on any atom is 0.416 e. The molecule has 6 heteroatoms. The second-order valence-corrected chi connectivity index (χ2v) is 6.42. The Hall–Kier alpha value is -1.56. The molecule has 126 valence electrons. The quantitative estimate of drug-likeness (QED) is 0.896. The summed E-state index contributed by atoms with van der Waals surface area (Å²) in [4.78, 5) is 11.4. The van der Waals surface area contributed by atoms with Crippen molar-refractivity contribution in [1.82, 2.24) is 5.32 Å². The molecular formula is C17H20F3NO2. The first-order valence-corrected chi connectivity index (χ1v) is 7.94. The number of hydrogen-bond donors (Lipinski definition) is 1. The van der Waals surface area contributed by atoms with Crippen molar-refractivity contribution >= 4 is 5.91 Å². The maximum absolute atomic E-state index is 12.9. The Balaban J connectivity index is 1.83. The summed E-state index contributed by atoms with van der Waals surface area (Å²) in [5.41, 5.74) is -0.135. The number of benzene rings is 1. The number of hydrogen-bond acceptors (Lipinski definition) is 2. The highest BCUT2D eigenvalue weighted by atomic mass is 19.4. The Bertz CT molecular complexity index is 587. The Morgan fingerprint density at radius 2 is 2.09 bits per heavy atom. The largest absolute Gasteiger partial charge is 0.416 e. The lowest BCUT2D eigenvalue weighted by atomic mass is 9.86. The number of alkyl halides is 3. The fourth-order valence-corrected chi connectivity index (χ4v) is 3.81. The molecule has 0 radical (unpaired) electrons. The average molecular weight is 327 g/mol. The van der Waals surface area contributed by atoms with Gasteiger partial charge in [0.2, 0.25) is 5.91 Å². The Morgan fingerprint density at radius 3 is 2.78 bits per heavy atom. The third-order valence-corrected chi connectivity index (χ3v) is 4.80. The van der Waals surface area contributed by atoms with E-state index in [2.05, 4.69) is 5.32 Å². The summed E-state index contributed by atoms with van der Waals surface area (Å²) in [7, 11) is 0. The number of ether oxygens (including phenoxy) is 1. The number of amides is 1. The number of nitrogens with one attached hydrogen (secondary N) is 1. The molecule has 3 nitrogen and oxygen atoms in total. The summed E-state index contributed by atoms with van der Waals surface area (Å²) in [6.45, 7) is 1.47. The van der Waals surface area contributed by atoms with Crippen LogP contribution in [0.5, 0.6) is 0 Å². The van der Waals surface area contributed by atoms with Crippen molar-refractivity contribution in [3.63, 3.8) is 0 Å².